The van der Waals surface area contributed by atoms with Crippen molar-refractivity contribution in [1.82, 2.24) is 0 Å². The molecule has 2 atom stereocenters. The van der Waals surface area contributed by atoms with Crippen LogP contribution in [0.2, 0.25) is 0 Å². The normalized spacial score (nSPS) is 24.6. The summed E-state index contributed by atoms with van der Waals surface area (Å²) in [6.45, 7) is 1.23. The first-order valence-electron chi connectivity index (χ1n) is 7.14. The molecule has 0 saturated heterocycles. The Bertz CT molecular complexity index is 700. The summed E-state index contributed by atoms with van der Waals surface area (Å²) in [5.41, 5.74) is -0.531. The van der Waals surface area contributed by atoms with Crippen molar-refractivity contribution in [1.29, 1.82) is 0 Å². The highest BCUT2D eigenvalue weighted by Gasteiger charge is 2.47. The number of rotatable bonds is 0. The maximum absolute atomic E-state index is 13.5. The molecule has 1 saturated carbocycles. The van der Waals surface area contributed by atoms with E-state index < -0.39 is 35.9 Å². The first-order chi connectivity index (χ1) is 10.8. The first-order valence-corrected chi connectivity index (χ1v) is 7.14. The lowest BCUT2D eigenvalue weighted by molar-refractivity contribution is -0.157. The summed E-state index contributed by atoms with van der Waals surface area (Å²) in [6, 6.07) is 2.75. The van der Waals surface area contributed by atoms with E-state index in [2.05, 4.69) is 11.8 Å². The molecule has 7 heteroatoms. The SMILES string of the molecule is C[C@@H]1O[C@@H](C#CC2CC2)c2cc(F)ccc2N(C(F)(F)F)C1=O. The van der Waals surface area contributed by atoms with Gasteiger partial charge in [0.25, 0.3) is 5.91 Å². The summed E-state index contributed by atoms with van der Waals surface area (Å²) in [5.74, 6) is 3.88. The topological polar surface area (TPSA) is 29.5 Å². The fraction of sp³-hybridized carbons (Fsp3) is 0.438. The van der Waals surface area contributed by atoms with Gasteiger partial charge in [-0.05, 0) is 38.0 Å². The van der Waals surface area contributed by atoms with Crippen LogP contribution >= 0.6 is 0 Å². The third-order valence-corrected chi connectivity index (χ3v) is 3.67. The van der Waals surface area contributed by atoms with Gasteiger partial charge < -0.3 is 4.74 Å². The molecule has 23 heavy (non-hydrogen) atoms. The van der Waals surface area contributed by atoms with Gasteiger partial charge in [0.05, 0.1) is 5.69 Å². The lowest BCUT2D eigenvalue weighted by atomic mass is 10.1. The van der Waals surface area contributed by atoms with Gasteiger partial charge in [-0.1, -0.05) is 11.8 Å². The number of carbonyl (C=O) groups is 1. The Morgan fingerprint density at radius 3 is 2.57 bits per heavy atom. The summed E-state index contributed by atoms with van der Waals surface area (Å²) in [4.78, 5) is 11.8. The van der Waals surface area contributed by atoms with E-state index in [9.17, 15) is 22.4 Å². The van der Waals surface area contributed by atoms with Crippen molar-refractivity contribution in [2.24, 2.45) is 5.92 Å². The van der Waals surface area contributed by atoms with Crippen LogP contribution < -0.4 is 4.90 Å². The standard InChI is InChI=1S/C16H13F4NO2/c1-9-15(22)21(16(18,19)20)13-6-5-11(17)8-12(13)14(23-9)7-4-10-2-3-10/h5-6,8-10,14H,2-3H2,1H3/t9-,14-/m0/s1. The molecular weight excluding hydrogens is 314 g/mol. The maximum Gasteiger partial charge on any atom is 0.491 e. The Morgan fingerprint density at radius 2 is 1.96 bits per heavy atom. The van der Waals surface area contributed by atoms with Crippen molar-refractivity contribution in [3.63, 3.8) is 0 Å². The van der Waals surface area contributed by atoms with Gasteiger partial charge in [-0.2, -0.15) is 0 Å². The largest absolute Gasteiger partial charge is 0.491 e. The molecule has 3 nitrogen and oxygen atoms in total. The van der Waals surface area contributed by atoms with E-state index in [4.69, 9.17) is 4.74 Å². The van der Waals surface area contributed by atoms with Crippen LogP contribution in [0.25, 0.3) is 0 Å². The monoisotopic (exact) mass is 327 g/mol. The maximum atomic E-state index is 13.5. The van der Waals surface area contributed by atoms with Crippen molar-refractivity contribution < 1.29 is 27.1 Å². The fourth-order valence-electron chi connectivity index (χ4n) is 2.37. The number of halogens is 4. The summed E-state index contributed by atoms with van der Waals surface area (Å²) in [7, 11) is 0. The zero-order valence-electron chi connectivity index (χ0n) is 12.2. The van der Waals surface area contributed by atoms with Crippen LogP contribution in [0.4, 0.5) is 23.2 Å². The second-order valence-corrected chi connectivity index (χ2v) is 5.57. The van der Waals surface area contributed by atoms with Crippen LogP contribution in [0, 0.1) is 23.6 Å². The van der Waals surface area contributed by atoms with Gasteiger partial charge in [-0.15, -0.1) is 13.2 Å². The zero-order valence-corrected chi connectivity index (χ0v) is 12.2. The number of alkyl halides is 3. The van der Waals surface area contributed by atoms with E-state index in [0.717, 1.165) is 31.0 Å². The molecule has 0 unspecified atom stereocenters. The van der Waals surface area contributed by atoms with Crippen LogP contribution in [0.1, 0.15) is 31.4 Å². The third-order valence-electron chi connectivity index (χ3n) is 3.67. The molecule has 122 valence electrons. The molecule has 1 aromatic rings. The fourth-order valence-corrected chi connectivity index (χ4v) is 2.37. The summed E-state index contributed by atoms with van der Waals surface area (Å²) in [5, 5.41) is 0. The predicted octanol–water partition coefficient (Wildman–Crippen LogP) is 3.55. The highest BCUT2D eigenvalue weighted by Crippen LogP contribution is 2.39. The van der Waals surface area contributed by atoms with E-state index in [1.54, 1.807) is 0 Å². The second kappa shape index (κ2) is 5.53. The van der Waals surface area contributed by atoms with Crippen LogP contribution in [0.5, 0.6) is 0 Å². The van der Waals surface area contributed by atoms with Crippen molar-refractivity contribution in [2.75, 3.05) is 4.90 Å². The molecule has 0 aromatic heterocycles. The smallest absolute Gasteiger partial charge is 0.348 e. The first kappa shape index (κ1) is 15.8. The number of nitrogens with zero attached hydrogens (tertiary/aromatic N) is 1. The Hall–Kier alpha value is -2.07. The van der Waals surface area contributed by atoms with E-state index >= 15 is 0 Å². The number of carbonyl (C=O) groups excluding carboxylic acids is 1. The molecular formula is C16H13F4NO2. The number of ether oxygens (including phenoxy) is 1. The molecule has 2 aliphatic rings. The molecule has 1 aromatic carbocycles. The van der Waals surface area contributed by atoms with Crippen LogP contribution in [-0.4, -0.2) is 18.3 Å². The Kier molecular flexibility index (Phi) is 3.80. The number of anilines is 1. The van der Waals surface area contributed by atoms with Crippen molar-refractivity contribution in [2.45, 2.75) is 38.3 Å². The van der Waals surface area contributed by atoms with E-state index in [0.29, 0.717) is 0 Å². The molecule has 3 rings (SSSR count). The van der Waals surface area contributed by atoms with Gasteiger partial charge in [0, 0.05) is 11.5 Å². The number of fused-ring (bicyclic) bond motifs is 1. The lowest BCUT2D eigenvalue weighted by Gasteiger charge is -2.25. The molecule has 1 aliphatic carbocycles. The molecule has 0 radical (unpaired) electrons. The molecule has 0 bridgehead atoms. The highest BCUT2D eigenvalue weighted by atomic mass is 19.4. The minimum absolute atomic E-state index is 0.0897. The Balaban J connectivity index is 2.13. The average Bonchev–Trinajstić information content (AvgIpc) is 3.27. The molecule has 1 aliphatic heterocycles. The molecule has 0 N–H and O–H groups in total. The summed E-state index contributed by atoms with van der Waals surface area (Å²) < 4.78 is 58.8. The van der Waals surface area contributed by atoms with Gasteiger partial charge >= 0.3 is 6.30 Å². The molecule has 1 heterocycles. The van der Waals surface area contributed by atoms with Crippen molar-refractivity contribution >= 4 is 11.6 Å². The zero-order chi connectivity index (χ0) is 16.8. The van der Waals surface area contributed by atoms with Crippen LogP contribution in [0.3, 0.4) is 0 Å². The summed E-state index contributed by atoms with van der Waals surface area (Å²) in [6.07, 6.45) is -5.49. The quantitative estimate of drug-likeness (QED) is 0.414. The average molecular weight is 327 g/mol. The predicted molar refractivity (Wildman–Crippen MR) is 73.7 cm³/mol. The third kappa shape index (κ3) is 3.17. The van der Waals surface area contributed by atoms with Gasteiger partial charge in [0.2, 0.25) is 0 Å². The van der Waals surface area contributed by atoms with Crippen LogP contribution in [-0.2, 0) is 9.53 Å². The highest BCUT2D eigenvalue weighted by molar-refractivity contribution is 5.98. The van der Waals surface area contributed by atoms with Crippen molar-refractivity contribution in [3.8, 4) is 11.8 Å². The van der Waals surface area contributed by atoms with E-state index in [-0.39, 0.29) is 16.4 Å². The van der Waals surface area contributed by atoms with Crippen molar-refractivity contribution in [3.05, 3.63) is 29.6 Å². The second-order valence-electron chi connectivity index (χ2n) is 5.57. The van der Waals surface area contributed by atoms with Gasteiger partial charge in [0.1, 0.15) is 18.0 Å². The minimum atomic E-state index is -4.93. The van der Waals surface area contributed by atoms with E-state index in [1.165, 1.54) is 6.92 Å². The summed E-state index contributed by atoms with van der Waals surface area (Å²) >= 11 is 0. The number of amides is 1. The Morgan fingerprint density at radius 1 is 1.26 bits per heavy atom. The molecule has 1 fully saturated rings. The number of hydrogen-bond donors (Lipinski definition) is 0. The van der Waals surface area contributed by atoms with Gasteiger partial charge in [-0.25, -0.2) is 9.29 Å². The van der Waals surface area contributed by atoms with E-state index in [1.807, 2.05) is 0 Å². The number of benzene rings is 1. The Labute approximate surface area is 130 Å². The van der Waals surface area contributed by atoms with Gasteiger partial charge in [0.15, 0.2) is 0 Å². The lowest BCUT2D eigenvalue weighted by Crippen LogP contribution is -2.47. The van der Waals surface area contributed by atoms with Gasteiger partial charge in [-0.3, -0.25) is 4.79 Å². The van der Waals surface area contributed by atoms with Crippen LogP contribution in [0.15, 0.2) is 18.2 Å². The minimum Gasteiger partial charge on any atom is -0.348 e. The number of hydrogen-bond acceptors (Lipinski definition) is 2. The molecule has 0 spiro atoms. The molecule has 1 amide bonds.